The summed E-state index contributed by atoms with van der Waals surface area (Å²) < 4.78 is 256. The van der Waals surface area contributed by atoms with E-state index in [9.17, 15) is 79.2 Å². The van der Waals surface area contributed by atoms with Crippen molar-refractivity contribution < 1.29 is 107 Å². The summed E-state index contributed by atoms with van der Waals surface area (Å²) in [5.74, 6) is -3.01. The van der Waals surface area contributed by atoms with Crippen LogP contribution in [0.2, 0.25) is 0 Å². The van der Waals surface area contributed by atoms with Gasteiger partial charge in [-0.2, -0.15) is 54.8 Å². The van der Waals surface area contributed by atoms with E-state index in [4.69, 9.17) is 14.2 Å². The minimum absolute atomic E-state index is 0.0233. The van der Waals surface area contributed by atoms with Gasteiger partial charge in [0, 0.05) is 96.4 Å². The van der Waals surface area contributed by atoms with Crippen LogP contribution in [0.25, 0.3) is 0 Å². The standard InChI is InChI=1S/3C17H25F4N3O4S/c3*1-15(2,3)28-14(25)24-8-6-11(7-9-24)16(4,18)29(26,27)13-10-12(17(19,20)21)22-23(13)5/h3*10-11H,6-9H2,1-5H3/t2*16-;/m10./s1. The van der Waals surface area contributed by atoms with Gasteiger partial charge in [0.05, 0.1) is 0 Å². The fourth-order valence-electron chi connectivity index (χ4n) is 9.50. The molecular weight excluding hydrogens is 1250 g/mol. The molecule has 6 heterocycles. The van der Waals surface area contributed by atoms with E-state index in [2.05, 4.69) is 15.3 Å². The molecule has 0 spiro atoms. The average Bonchev–Trinajstić information content (AvgIpc) is 1.76. The molecule has 3 aromatic rings. The minimum atomic E-state index is -4.85. The van der Waals surface area contributed by atoms with Crippen molar-refractivity contribution in [1.82, 2.24) is 44.0 Å². The lowest BCUT2D eigenvalue weighted by Gasteiger charge is -2.37. The Kier molecular flexibility index (Phi) is 21.6. The van der Waals surface area contributed by atoms with E-state index >= 15 is 13.2 Å². The van der Waals surface area contributed by atoms with Crippen LogP contribution in [-0.2, 0) is 83.4 Å². The molecule has 498 valence electrons. The third-order valence-electron chi connectivity index (χ3n) is 14.4. The van der Waals surface area contributed by atoms with E-state index in [1.807, 2.05) is 0 Å². The summed E-state index contributed by atoms with van der Waals surface area (Å²) in [6.45, 7) is 18.3. The predicted molar refractivity (Wildman–Crippen MR) is 286 cm³/mol. The molecule has 3 atom stereocenters. The van der Waals surface area contributed by atoms with Crippen LogP contribution in [0, 0.1) is 17.8 Å². The Morgan fingerprint density at radius 3 is 0.690 bits per heavy atom. The number of halogens is 12. The van der Waals surface area contributed by atoms with Crippen LogP contribution in [0.1, 0.15) is 139 Å². The predicted octanol–water partition coefficient (Wildman–Crippen LogP) is 10.6. The Bertz CT molecular complexity index is 2940. The number of ether oxygens (including phenoxy) is 3. The number of sulfone groups is 3. The molecule has 3 aliphatic rings. The van der Waals surface area contributed by atoms with Crippen LogP contribution >= 0.6 is 0 Å². The lowest BCUT2D eigenvalue weighted by Crippen LogP contribution is -2.48. The van der Waals surface area contributed by atoms with Crippen LogP contribution in [0.3, 0.4) is 0 Å². The maximum absolute atomic E-state index is 15.5. The highest BCUT2D eigenvalue weighted by Crippen LogP contribution is 2.44. The Morgan fingerprint density at radius 1 is 0.379 bits per heavy atom. The van der Waals surface area contributed by atoms with Gasteiger partial charge in [0.1, 0.15) is 16.8 Å². The number of nitrogens with zero attached hydrogens (tertiary/aromatic N) is 9. The zero-order valence-corrected chi connectivity index (χ0v) is 53.1. The normalized spacial score (nSPS) is 19.1. The molecule has 0 aromatic carbocycles. The Balaban J connectivity index is 0.000000279. The first kappa shape index (κ1) is 73.9. The fourth-order valence-corrected chi connectivity index (χ4v) is 14.7. The third-order valence-corrected chi connectivity index (χ3v) is 21.4. The number of aromatic nitrogens is 6. The number of rotatable bonds is 9. The second kappa shape index (κ2) is 25.4. The molecule has 3 amide bonds. The molecule has 3 aliphatic heterocycles. The summed E-state index contributed by atoms with van der Waals surface area (Å²) in [4.78, 5) is 40.4. The topological polar surface area (TPSA) is 244 Å². The summed E-state index contributed by atoms with van der Waals surface area (Å²) in [5, 5.41) is -1.56. The highest BCUT2D eigenvalue weighted by Gasteiger charge is 2.54. The van der Waals surface area contributed by atoms with E-state index < -0.39 is 148 Å². The minimum Gasteiger partial charge on any atom is -0.444 e. The Labute approximate surface area is 497 Å². The van der Waals surface area contributed by atoms with Gasteiger partial charge >= 0.3 is 36.8 Å². The summed E-state index contributed by atoms with van der Waals surface area (Å²) in [6.07, 6.45) is -16.2. The summed E-state index contributed by atoms with van der Waals surface area (Å²) in [7, 11) is -11.3. The smallest absolute Gasteiger partial charge is 0.435 e. The van der Waals surface area contributed by atoms with Crippen molar-refractivity contribution in [1.29, 1.82) is 0 Å². The van der Waals surface area contributed by atoms with Gasteiger partial charge in [-0.15, -0.1) is 0 Å². The van der Waals surface area contributed by atoms with Gasteiger partial charge in [-0.05, 0) is 122 Å². The molecule has 21 nitrogen and oxygen atoms in total. The molecule has 3 aromatic heterocycles. The maximum Gasteiger partial charge on any atom is 0.435 e. The molecule has 87 heavy (non-hydrogen) atoms. The van der Waals surface area contributed by atoms with Crippen molar-refractivity contribution in [3.63, 3.8) is 0 Å². The van der Waals surface area contributed by atoms with E-state index in [0.717, 1.165) is 41.9 Å². The quantitative estimate of drug-likeness (QED) is 0.143. The molecule has 0 N–H and O–H groups in total. The zero-order chi connectivity index (χ0) is 67.2. The molecule has 1 unspecified atom stereocenters. The van der Waals surface area contributed by atoms with Crippen LogP contribution in [0.15, 0.2) is 33.3 Å². The average molecular weight is 1330 g/mol. The first-order valence-electron chi connectivity index (χ1n) is 27.0. The molecule has 36 heteroatoms. The lowest BCUT2D eigenvalue weighted by atomic mass is 9.92. The van der Waals surface area contributed by atoms with Gasteiger partial charge < -0.3 is 28.9 Å². The SMILES string of the molecule is Cn1nc(C(F)(F)F)cc1S(=O)(=O)C(C)(F)C1CCN(C(=O)OC(C)(C)C)CC1.Cn1nc(C(F)(F)F)cc1S(=O)(=O)[C@@](C)(F)C1CCN(C(=O)OC(C)(C)C)CC1.Cn1nc(C(F)(F)F)cc1S(=O)(=O)[C@](C)(F)C1CCN(C(=O)OC(C)(C)C)CC1. The second-order valence-electron chi connectivity index (χ2n) is 24.7. The summed E-state index contributed by atoms with van der Waals surface area (Å²) in [5.41, 5.74) is -6.34. The number of alkyl halides is 12. The largest absolute Gasteiger partial charge is 0.444 e. The van der Waals surface area contributed by atoms with Crippen LogP contribution < -0.4 is 0 Å². The number of carbonyl (C=O) groups excluding carboxylic acids is 3. The van der Waals surface area contributed by atoms with E-state index in [-0.39, 0.29) is 77.8 Å². The highest BCUT2D eigenvalue weighted by atomic mass is 32.2. The van der Waals surface area contributed by atoms with Crippen molar-refractivity contribution in [3.8, 4) is 0 Å². The number of amides is 3. The van der Waals surface area contributed by atoms with Crippen molar-refractivity contribution >= 4 is 47.8 Å². The zero-order valence-electron chi connectivity index (χ0n) is 50.6. The monoisotopic (exact) mass is 1330 g/mol. The Hall–Kier alpha value is -5.55. The van der Waals surface area contributed by atoms with Crippen molar-refractivity contribution in [3.05, 3.63) is 35.3 Å². The number of likely N-dealkylation sites (tertiary alicyclic amines) is 3. The number of piperidine rings is 3. The van der Waals surface area contributed by atoms with Crippen LogP contribution in [0.4, 0.5) is 67.1 Å². The molecule has 0 radical (unpaired) electrons. The Morgan fingerprint density at radius 2 is 0.552 bits per heavy atom. The first-order chi connectivity index (χ1) is 38.9. The van der Waals surface area contributed by atoms with Gasteiger partial charge in [0.2, 0.25) is 44.5 Å². The van der Waals surface area contributed by atoms with Crippen molar-refractivity contribution in [2.45, 2.75) is 187 Å². The number of carbonyl (C=O) groups is 3. The molecule has 0 aliphatic carbocycles. The van der Waals surface area contributed by atoms with Crippen molar-refractivity contribution in [2.24, 2.45) is 38.9 Å². The maximum atomic E-state index is 15.5. The molecule has 3 saturated heterocycles. The second-order valence-corrected chi connectivity index (χ2v) is 31.3. The lowest BCUT2D eigenvalue weighted by molar-refractivity contribution is -0.142. The molecule has 0 saturated carbocycles. The van der Waals surface area contributed by atoms with Gasteiger partial charge in [0.15, 0.2) is 32.2 Å². The summed E-state index contributed by atoms with van der Waals surface area (Å²) in [6, 6.07) is 1.01. The van der Waals surface area contributed by atoms with E-state index in [1.54, 1.807) is 62.3 Å². The van der Waals surface area contributed by atoms with Crippen LogP contribution in [-0.4, -0.2) is 159 Å². The van der Waals surface area contributed by atoms with E-state index in [1.165, 1.54) is 14.7 Å². The number of aryl methyl sites for hydroxylation is 3. The first-order valence-corrected chi connectivity index (χ1v) is 31.4. The molecule has 0 bridgehead atoms. The van der Waals surface area contributed by atoms with Gasteiger partial charge in [-0.3, -0.25) is 14.0 Å². The van der Waals surface area contributed by atoms with Crippen LogP contribution in [0.5, 0.6) is 0 Å². The van der Waals surface area contributed by atoms with E-state index in [0.29, 0.717) is 32.2 Å². The number of hydrogen-bond acceptors (Lipinski definition) is 15. The fraction of sp³-hybridized carbons (Fsp3) is 0.765. The summed E-state index contributed by atoms with van der Waals surface area (Å²) >= 11 is 0. The highest BCUT2D eigenvalue weighted by molar-refractivity contribution is 7.93. The molecule has 3 fully saturated rings. The molecule has 6 rings (SSSR count). The third kappa shape index (κ3) is 17.4. The molecular formula is C51H75F12N9O12S3. The van der Waals surface area contributed by atoms with Gasteiger partial charge in [-0.25, -0.2) is 52.8 Å². The number of hydrogen-bond donors (Lipinski definition) is 0. The van der Waals surface area contributed by atoms with Gasteiger partial charge in [0.25, 0.3) is 0 Å². The van der Waals surface area contributed by atoms with Gasteiger partial charge in [-0.1, -0.05) is 0 Å². The van der Waals surface area contributed by atoms with Crippen molar-refractivity contribution in [2.75, 3.05) is 39.3 Å².